The molecule has 1 aliphatic carbocycles. The molecule has 2 aromatic carbocycles. The van der Waals surface area contributed by atoms with Crippen molar-refractivity contribution < 1.29 is 17.9 Å². The summed E-state index contributed by atoms with van der Waals surface area (Å²) < 4.78 is 49.3. The molecule has 0 saturated heterocycles. The quantitative estimate of drug-likeness (QED) is 0.458. The Morgan fingerprint density at radius 3 is 2.50 bits per heavy atom. The van der Waals surface area contributed by atoms with Crippen molar-refractivity contribution in [1.82, 2.24) is 0 Å². The Balaban J connectivity index is 1.99. The Kier molecular flexibility index (Phi) is 6.87. The standard InChI is InChI=1S/C25H26F3NO/c1-3-7-17(2)19-11-13-23(22(14-19)18-8-5-4-6-9-18)25(27,28)30-21-12-10-20(16-29)24(26)15-21/h3,7,10-15,17-18H,4-6,8-9H2,1-2H3/b7-3+. The molecule has 0 amide bonds. The second-order valence-electron chi connectivity index (χ2n) is 7.87. The molecule has 5 heteroatoms. The zero-order valence-electron chi connectivity index (χ0n) is 17.3. The van der Waals surface area contributed by atoms with E-state index in [0.717, 1.165) is 49.8 Å². The first kappa shape index (κ1) is 22.0. The van der Waals surface area contributed by atoms with Gasteiger partial charge in [0.05, 0.1) is 11.1 Å². The molecule has 0 N–H and O–H groups in total. The number of nitrogens with zero attached hydrogens (tertiary/aromatic N) is 1. The summed E-state index contributed by atoms with van der Waals surface area (Å²) in [5.74, 6) is -1.02. The predicted octanol–water partition coefficient (Wildman–Crippen LogP) is 7.55. The third-order valence-corrected chi connectivity index (χ3v) is 5.75. The van der Waals surface area contributed by atoms with Crippen LogP contribution in [0, 0.1) is 17.1 Å². The van der Waals surface area contributed by atoms with Crippen LogP contribution in [-0.4, -0.2) is 0 Å². The molecule has 2 aromatic rings. The highest BCUT2D eigenvalue weighted by atomic mass is 19.3. The maximum absolute atomic E-state index is 15.2. The summed E-state index contributed by atoms with van der Waals surface area (Å²) in [6.45, 7) is 3.97. The molecule has 0 spiro atoms. The van der Waals surface area contributed by atoms with Gasteiger partial charge in [0.2, 0.25) is 0 Å². The molecule has 158 valence electrons. The summed E-state index contributed by atoms with van der Waals surface area (Å²) in [5.41, 5.74) is 1.21. The normalized spacial score (nSPS) is 16.4. The predicted molar refractivity (Wildman–Crippen MR) is 111 cm³/mol. The van der Waals surface area contributed by atoms with Gasteiger partial charge in [-0.3, -0.25) is 0 Å². The first-order valence-corrected chi connectivity index (χ1v) is 10.4. The van der Waals surface area contributed by atoms with Crippen molar-refractivity contribution in [3.05, 3.63) is 76.6 Å². The van der Waals surface area contributed by atoms with Crippen LogP contribution in [0.4, 0.5) is 13.2 Å². The molecule has 2 nitrogen and oxygen atoms in total. The van der Waals surface area contributed by atoms with E-state index in [1.807, 2.05) is 32.1 Å². The van der Waals surface area contributed by atoms with E-state index in [1.54, 1.807) is 12.1 Å². The number of benzene rings is 2. The lowest BCUT2D eigenvalue weighted by molar-refractivity contribution is -0.186. The van der Waals surface area contributed by atoms with Gasteiger partial charge in [-0.2, -0.15) is 14.0 Å². The minimum Gasteiger partial charge on any atom is -0.429 e. The largest absolute Gasteiger partial charge is 0.429 e. The number of alkyl halides is 2. The van der Waals surface area contributed by atoms with Crippen molar-refractivity contribution in [2.45, 2.75) is 63.9 Å². The van der Waals surface area contributed by atoms with Crippen LogP contribution in [0.2, 0.25) is 0 Å². The van der Waals surface area contributed by atoms with E-state index in [2.05, 4.69) is 0 Å². The molecular formula is C25H26F3NO. The maximum atomic E-state index is 15.2. The molecule has 1 saturated carbocycles. The molecule has 1 atom stereocenters. The van der Waals surface area contributed by atoms with Crippen LogP contribution in [0.3, 0.4) is 0 Å². The van der Waals surface area contributed by atoms with Crippen LogP contribution in [0.1, 0.15) is 80.0 Å². The first-order valence-electron chi connectivity index (χ1n) is 10.4. The van der Waals surface area contributed by atoms with Gasteiger partial charge in [-0.05, 0) is 60.9 Å². The highest BCUT2D eigenvalue weighted by Crippen LogP contribution is 2.42. The van der Waals surface area contributed by atoms with Crippen molar-refractivity contribution in [1.29, 1.82) is 5.26 Å². The monoisotopic (exact) mass is 413 g/mol. The fraction of sp³-hybridized carbons (Fsp3) is 0.400. The molecule has 3 rings (SSSR count). The smallest absolute Gasteiger partial charge is 0.426 e. The van der Waals surface area contributed by atoms with Crippen LogP contribution < -0.4 is 4.74 Å². The second-order valence-corrected chi connectivity index (χ2v) is 7.87. The maximum Gasteiger partial charge on any atom is 0.426 e. The number of hydrogen-bond acceptors (Lipinski definition) is 2. The SMILES string of the molecule is C/C=C/C(C)c1ccc(C(F)(F)Oc2ccc(C#N)c(F)c2)c(C2CCCCC2)c1. The summed E-state index contributed by atoms with van der Waals surface area (Å²) in [6, 6.07) is 9.87. The number of rotatable bonds is 6. The van der Waals surface area contributed by atoms with Crippen LogP contribution in [0.5, 0.6) is 5.75 Å². The zero-order valence-corrected chi connectivity index (χ0v) is 17.3. The van der Waals surface area contributed by atoms with E-state index in [4.69, 9.17) is 10.00 Å². The second kappa shape index (κ2) is 9.38. The van der Waals surface area contributed by atoms with E-state index in [0.29, 0.717) is 5.56 Å². The fourth-order valence-electron chi connectivity index (χ4n) is 4.13. The molecule has 0 aliphatic heterocycles. The van der Waals surface area contributed by atoms with Crippen LogP contribution in [0.25, 0.3) is 0 Å². The molecule has 0 heterocycles. The molecule has 1 aliphatic rings. The van der Waals surface area contributed by atoms with E-state index in [9.17, 15) is 4.39 Å². The highest BCUT2D eigenvalue weighted by Gasteiger charge is 2.39. The Morgan fingerprint density at radius 2 is 1.87 bits per heavy atom. The molecule has 0 radical (unpaired) electrons. The Hall–Kier alpha value is -2.74. The number of ether oxygens (including phenoxy) is 1. The van der Waals surface area contributed by atoms with Gasteiger partial charge in [-0.25, -0.2) is 4.39 Å². The molecule has 0 bridgehead atoms. The summed E-state index contributed by atoms with van der Waals surface area (Å²) in [4.78, 5) is 0. The Bertz CT molecular complexity index is 955. The molecule has 0 aromatic heterocycles. The number of halogens is 3. The van der Waals surface area contributed by atoms with Gasteiger partial charge in [0.1, 0.15) is 17.6 Å². The van der Waals surface area contributed by atoms with Gasteiger partial charge in [-0.15, -0.1) is 0 Å². The molecule has 30 heavy (non-hydrogen) atoms. The summed E-state index contributed by atoms with van der Waals surface area (Å²) in [7, 11) is 0. The van der Waals surface area contributed by atoms with Crippen LogP contribution >= 0.6 is 0 Å². The third-order valence-electron chi connectivity index (χ3n) is 5.75. The number of nitriles is 1. The molecular weight excluding hydrogens is 387 g/mol. The zero-order chi connectivity index (χ0) is 21.7. The van der Waals surface area contributed by atoms with E-state index >= 15 is 8.78 Å². The van der Waals surface area contributed by atoms with Crippen LogP contribution in [0.15, 0.2) is 48.6 Å². The van der Waals surface area contributed by atoms with E-state index < -0.39 is 11.9 Å². The number of allylic oxidation sites excluding steroid dienone is 2. The lowest BCUT2D eigenvalue weighted by Crippen LogP contribution is -2.25. The lowest BCUT2D eigenvalue weighted by Gasteiger charge is -2.28. The average molecular weight is 413 g/mol. The summed E-state index contributed by atoms with van der Waals surface area (Å²) in [5, 5.41) is 8.83. The van der Waals surface area contributed by atoms with Crippen LogP contribution in [-0.2, 0) is 6.11 Å². The minimum atomic E-state index is -3.62. The van der Waals surface area contributed by atoms with Crippen molar-refractivity contribution in [3.63, 3.8) is 0 Å². The molecule has 1 fully saturated rings. The summed E-state index contributed by atoms with van der Waals surface area (Å²) in [6.07, 6.45) is 5.28. The first-order chi connectivity index (χ1) is 14.4. The third kappa shape index (κ3) is 4.87. The minimum absolute atomic E-state index is 0.0543. The lowest BCUT2D eigenvalue weighted by atomic mass is 9.80. The Labute approximate surface area is 176 Å². The van der Waals surface area contributed by atoms with E-state index in [1.165, 1.54) is 12.1 Å². The van der Waals surface area contributed by atoms with Gasteiger partial charge >= 0.3 is 6.11 Å². The average Bonchev–Trinajstić information content (AvgIpc) is 2.74. The number of hydrogen-bond donors (Lipinski definition) is 0. The van der Waals surface area contributed by atoms with Gasteiger partial charge in [0, 0.05) is 6.07 Å². The summed E-state index contributed by atoms with van der Waals surface area (Å²) >= 11 is 0. The molecule has 1 unspecified atom stereocenters. The van der Waals surface area contributed by atoms with Gasteiger partial charge in [-0.1, -0.05) is 50.5 Å². The van der Waals surface area contributed by atoms with E-state index in [-0.39, 0.29) is 28.7 Å². The van der Waals surface area contributed by atoms with Crippen molar-refractivity contribution in [2.75, 3.05) is 0 Å². The van der Waals surface area contributed by atoms with Crippen molar-refractivity contribution in [3.8, 4) is 11.8 Å². The fourth-order valence-corrected chi connectivity index (χ4v) is 4.13. The topological polar surface area (TPSA) is 33.0 Å². The van der Waals surface area contributed by atoms with Gasteiger partial charge in [0.25, 0.3) is 0 Å². The van der Waals surface area contributed by atoms with Crippen molar-refractivity contribution >= 4 is 0 Å². The highest BCUT2D eigenvalue weighted by molar-refractivity contribution is 5.41. The van der Waals surface area contributed by atoms with Crippen molar-refractivity contribution in [2.24, 2.45) is 0 Å². The van der Waals surface area contributed by atoms with Gasteiger partial charge < -0.3 is 4.74 Å². The van der Waals surface area contributed by atoms with Gasteiger partial charge in [0.15, 0.2) is 0 Å². The Morgan fingerprint density at radius 1 is 1.13 bits per heavy atom.